The maximum Gasteiger partial charge on any atom is 0.471 e. The van der Waals surface area contributed by atoms with Crippen LogP contribution in [0.25, 0.3) is 11.0 Å². The summed E-state index contributed by atoms with van der Waals surface area (Å²) in [4.78, 5) is 37.9. The molecule has 1 fully saturated rings. The molecule has 0 bridgehead atoms. The molecule has 12 nitrogen and oxygen atoms in total. The number of nitrogens with zero attached hydrogens (tertiary/aromatic N) is 5. The summed E-state index contributed by atoms with van der Waals surface area (Å²) in [5.41, 5.74) is -0.795. The highest BCUT2D eigenvalue weighted by atomic mass is 33.1. The van der Waals surface area contributed by atoms with Crippen LogP contribution in [-0.4, -0.2) is 103 Å². The number of alkyl halides is 3. The number of fused-ring (bicyclic) bond motifs is 1. The van der Waals surface area contributed by atoms with Gasteiger partial charge in [0.25, 0.3) is 13.9 Å². The number of carbonyl (C=O) groups is 1. The normalized spacial score (nSPS) is 18.3. The molecule has 2 aromatic heterocycles. The molecule has 3 heterocycles. The molecule has 1 saturated heterocycles. The van der Waals surface area contributed by atoms with E-state index >= 15 is 0 Å². The lowest BCUT2D eigenvalue weighted by atomic mass is 10.2. The third kappa shape index (κ3) is 9.82. The number of amides is 1. The fourth-order valence-corrected chi connectivity index (χ4v) is 12.4. The lowest BCUT2D eigenvalue weighted by molar-refractivity contribution is -0.173. The van der Waals surface area contributed by atoms with E-state index in [1.54, 1.807) is 45.9 Å². The number of carbonyl (C=O) groups excluding carboxylic acids is 1. The largest absolute Gasteiger partial charge is 0.471 e. The quantitative estimate of drug-likeness (QED) is 0.0476. The number of nitrogens with one attached hydrogen (secondary N) is 2. The van der Waals surface area contributed by atoms with Crippen molar-refractivity contribution in [3.05, 3.63) is 76.7 Å². The first kappa shape index (κ1) is 42.0. The predicted octanol–water partition coefficient (Wildman–Crippen LogP) is 4.98. The summed E-state index contributed by atoms with van der Waals surface area (Å²) in [6.07, 6.45) is -3.21. The standard InChI is InChI=1S/C37H44F3N7O5S2Si/c1-24(54-53-7)51-28-21-30(52-29(28)22-50-55(36(2,3)4,25-15-10-8-11-16-25)26-17-12-9-13-18-26)47-32-31(33(48)44-35(43-32)42-23-46(5)6)27(45-47)19-14-20-41-34(49)37(38,39)40/h8-13,15-18,23-24,28-30H,20-22H2,1-7H3,(H,41,49)(H,43,44,48)/b42-23-/t24-,28+,29+,30+/m0/s1. The first-order chi connectivity index (χ1) is 26.0. The topological polar surface area (TPSA) is 136 Å². The van der Waals surface area contributed by atoms with Crippen LogP contribution in [-0.2, 0) is 18.7 Å². The van der Waals surface area contributed by atoms with Gasteiger partial charge >= 0.3 is 12.1 Å². The van der Waals surface area contributed by atoms with Crippen molar-refractivity contribution in [3.8, 4) is 11.8 Å². The second-order valence-electron chi connectivity index (χ2n) is 13.9. The Morgan fingerprint density at radius 1 is 1.16 bits per heavy atom. The fourth-order valence-electron chi connectivity index (χ4n) is 6.42. The van der Waals surface area contributed by atoms with Gasteiger partial charge in [-0.3, -0.25) is 14.6 Å². The molecular weight excluding hydrogens is 772 g/mol. The SMILES string of the molecule is CSS[C@@H](C)O[C@@H]1C[C@H](n2nc(C#CCNC(=O)C(F)(F)F)c3c(=O)[nH]c(/N=C\N(C)C)nc32)O[C@@H]1CO[Si](c1ccccc1)(c1ccccc1)C(C)(C)C. The van der Waals surface area contributed by atoms with Crippen molar-refractivity contribution in [2.75, 3.05) is 33.5 Å². The zero-order chi connectivity index (χ0) is 40.0. The Kier molecular flexibility index (Phi) is 13.6. The number of halogens is 3. The number of aromatic amines is 1. The summed E-state index contributed by atoms with van der Waals surface area (Å²) < 4.78 is 60.2. The highest BCUT2D eigenvalue weighted by Crippen LogP contribution is 2.40. The first-order valence-electron chi connectivity index (χ1n) is 17.4. The number of ether oxygens (including phenoxy) is 2. The number of rotatable bonds is 13. The summed E-state index contributed by atoms with van der Waals surface area (Å²) in [5, 5.41) is 8.20. The monoisotopic (exact) mass is 815 g/mol. The average molecular weight is 816 g/mol. The van der Waals surface area contributed by atoms with E-state index < -0.39 is 50.9 Å². The number of benzene rings is 2. The zero-order valence-corrected chi connectivity index (χ0v) is 34.1. The van der Waals surface area contributed by atoms with Gasteiger partial charge in [-0.1, -0.05) is 109 Å². The molecule has 1 amide bonds. The van der Waals surface area contributed by atoms with Crippen molar-refractivity contribution in [3.63, 3.8) is 0 Å². The average Bonchev–Trinajstić information content (AvgIpc) is 3.70. The van der Waals surface area contributed by atoms with Crippen LogP contribution >= 0.6 is 21.6 Å². The van der Waals surface area contributed by atoms with E-state index in [0.29, 0.717) is 6.42 Å². The van der Waals surface area contributed by atoms with E-state index in [-0.39, 0.29) is 39.8 Å². The van der Waals surface area contributed by atoms with Crippen LogP contribution < -0.4 is 21.2 Å². The van der Waals surface area contributed by atoms with Gasteiger partial charge in [0, 0.05) is 20.5 Å². The van der Waals surface area contributed by atoms with Gasteiger partial charge < -0.3 is 24.1 Å². The van der Waals surface area contributed by atoms with Crippen LogP contribution in [0.3, 0.4) is 0 Å². The number of aromatic nitrogens is 4. The van der Waals surface area contributed by atoms with Crippen molar-refractivity contribution in [2.45, 2.75) is 69.2 Å². The molecule has 1 aliphatic heterocycles. The number of aliphatic imine (C=N–C) groups is 1. The van der Waals surface area contributed by atoms with Crippen molar-refractivity contribution in [2.24, 2.45) is 4.99 Å². The molecule has 294 valence electrons. The summed E-state index contributed by atoms with van der Waals surface area (Å²) in [7, 11) is 3.67. The minimum absolute atomic E-state index is 0.00773. The summed E-state index contributed by atoms with van der Waals surface area (Å²) in [5.74, 6) is 2.96. The third-order valence-corrected chi connectivity index (χ3v) is 15.7. The van der Waals surface area contributed by atoms with E-state index in [1.807, 2.05) is 49.6 Å². The summed E-state index contributed by atoms with van der Waals surface area (Å²) >= 11 is 0. The molecule has 0 radical (unpaired) electrons. The molecule has 18 heteroatoms. The van der Waals surface area contributed by atoms with Crippen LogP contribution in [0.5, 0.6) is 0 Å². The second kappa shape index (κ2) is 17.8. The van der Waals surface area contributed by atoms with E-state index in [1.165, 1.54) is 11.0 Å². The van der Waals surface area contributed by atoms with Crippen molar-refractivity contribution < 1.29 is 31.9 Å². The van der Waals surface area contributed by atoms with E-state index in [9.17, 15) is 22.8 Å². The van der Waals surface area contributed by atoms with Gasteiger partial charge in [0.15, 0.2) is 17.6 Å². The second-order valence-corrected chi connectivity index (χ2v) is 21.0. The molecule has 1 aliphatic rings. The smallest absolute Gasteiger partial charge is 0.405 e. The lowest BCUT2D eigenvalue weighted by Gasteiger charge is -2.43. The zero-order valence-electron chi connectivity index (χ0n) is 31.5. The van der Waals surface area contributed by atoms with Gasteiger partial charge in [0.1, 0.15) is 16.9 Å². The molecule has 0 saturated carbocycles. The number of hydrogen-bond acceptors (Lipinski definition) is 10. The molecule has 0 aliphatic carbocycles. The lowest BCUT2D eigenvalue weighted by Crippen LogP contribution is -2.67. The van der Waals surface area contributed by atoms with Crippen molar-refractivity contribution in [1.29, 1.82) is 0 Å². The fraction of sp³-hybridized carbons (Fsp3) is 0.432. The Labute approximate surface area is 326 Å². The first-order valence-corrected chi connectivity index (χ1v) is 21.9. The van der Waals surface area contributed by atoms with Gasteiger partial charge in [-0.05, 0) is 34.5 Å². The van der Waals surface area contributed by atoms with Crippen LogP contribution in [0.4, 0.5) is 19.1 Å². The van der Waals surface area contributed by atoms with Crippen molar-refractivity contribution >= 4 is 69.5 Å². The van der Waals surface area contributed by atoms with Crippen molar-refractivity contribution in [1.82, 2.24) is 30.0 Å². The van der Waals surface area contributed by atoms with Gasteiger partial charge in [-0.2, -0.15) is 23.3 Å². The summed E-state index contributed by atoms with van der Waals surface area (Å²) in [6.45, 7) is 8.06. The molecule has 4 aromatic rings. The van der Waals surface area contributed by atoms with Crippen LogP contribution in [0.1, 0.15) is 46.0 Å². The molecular formula is C37H44F3N7O5S2Si. The van der Waals surface area contributed by atoms with Gasteiger partial charge in [0.05, 0.1) is 25.6 Å². The van der Waals surface area contributed by atoms with E-state index in [2.05, 4.69) is 76.9 Å². The molecule has 4 atom stereocenters. The van der Waals surface area contributed by atoms with Crippen LogP contribution in [0.15, 0.2) is 70.5 Å². The molecule has 55 heavy (non-hydrogen) atoms. The molecule has 2 aromatic carbocycles. The van der Waals surface area contributed by atoms with E-state index in [4.69, 9.17) is 13.9 Å². The van der Waals surface area contributed by atoms with Gasteiger partial charge in [0.2, 0.25) is 5.95 Å². The maximum atomic E-state index is 13.5. The minimum Gasteiger partial charge on any atom is -0.405 e. The molecule has 5 rings (SSSR count). The molecule has 2 N–H and O–H groups in total. The Morgan fingerprint density at radius 2 is 1.80 bits per heavy atom. The van der Waals surface area contributed by atoms with Crippen LogP contribution in [0.2, 0.25) is 5.04 Å². The van der Waals surface area contributed by atoms with E-state index in [0.717, 1.165) is 10.4 Å². The Bertz CT molecular complexity index is 2040. The Morgan fingerprint density at radius 3 is 2.36 bits per heavy atom. The number of hydrogen-bond donors (Lipinski definition) is 2. The maximum absolute atomic E-state index is 13.5. The van der Waals surface area contributed by atoms with Gasteiger partial charge in [-0.25, -0.2) is 9.67 Å². The Hall–Kier alpha value is -4.12. The predicted molar refractivity (Wildman–Crippen MR) is 213 cm³/mol. The third-order valence-electron chi connectivity index (χ3n) is 8.69. The highest BCUT2D eigenvalue weighted by molar-refractivity contribution is 8.76. The number of H-pyrrole nitrogens is 1. The Balaban J connectivity index is 1.56. The highest BCUT2D eigenvalue weighted by Gasteiger charge is 2.51. The summed E-state index contributed by atoms with van der Waals surface area (Å²) in [6, 6.07) is 20.5. The minimum atomic E-state index is -5.07. The molecule has 0 spiro atoms. The molecule has 0 unspecified atom stereocenters. The van der Waals surface area contributed by atoms with Crippen LogP contribution in [0, 0.1) is 11.8 Å². The van der Waals surface area contributed by atoms with Gasteiger partial charge in [-0.15, -0.1) is 0 Å².